The fraction of sp³-hybridized carbons (Fsp3) is 0.579. The molecule has 9 heteroatoms. The van der Waals surface area contributed by atoms with Crippen molar-refractivity contribution < 1.29 is 28.2 Å². The van der Waals surface area contributed by atoms with Gasteiger partial charge in [-0.25, -0.2) is 9.18 Å². The van der Waals surface area contributed by atoms with Crippen molar-refractivity contribution in [3.05, 3.63) is 24.0 Å². The first-order chi connectivity index (χ1) is 13.5. The number of hydrogen-bond donors (Lipinski definition) is 0. The van der Waals surface area contributed by atoms with Crippen LogP contribution in [0.5, 0.6) is 0 Å². The molecule has 1 aromatic rings. The second-order valence-electron chi connectivity index (χ2n) is 7.15. The second-order valence-corrected chi connectivity index (χ2v) is 8.35. The van der Waals surface area contributed by atoms with Gasteiger partial charge in [-0.3, -0.25) is 9.69 Å². The van der Waals surface area contributed by atoms with Crippen molar-refractivity contribution in [1.29, 1.82) is 0 Å². The normalized spacial score (nSPS) is 24.1. The molecule has 7 nitrogen and oxygen atoms in total. The average molecular weight is 410 g/mol. The van der Waals surface area contributed by atoms with Crippen molar-refractivity contribution in [3.63, 3.8) is 0 Å². The van der Waals surface area contributed by atoms with Gasteiger partial charge in [0.1, 0.15) is 11.9 Å². The van der Waals surface area contributed by atoms with Gasteiger partial charge in [-0.2, -0.15) is 0 Å². The summed E-state index contributed by atoms with van der Waals surface area (Å²) in [6, 6.07) is 4.79. The first-order valence-corrected chi connectivity index (χ1v) is 10.4. The molecule has 28 heavy (non-hydrogen) atoms. The van der Waals surface area contributed by atoms with Crippen molar-refractivity contribution in [2.45, 2.75) is 31.7 Å². The lowest BCUT2D eigenvalue weighted by Crippen LogP contribution is -2.45. The van der Waals surface area contributed by atoms with E-state index in [-0.39, 0.29) is 17.0 Å². The monoisotopic (exact) mass is 410 g/mol. The zero-order valence-electron chi connectivity index (χ0n) is 15.7. The van der Waals surface area contributed by atoms with Gasteiger partial charge in [0.15, 0.2) is 10.9 Å². The highest BCUT2D eigenvalue weighted by atomic mass is 32.2. The number of hydrogen-bond acceptors (Lipinski definition) is 7. The van der Waals surface area contributed by atoms with Crippen LogP contribution in [0.3, 0.4) is 0 Å². The molecule has 0 N–H and O–H groups in total. The van der Waals surface area contributed by atoms with Crippen molar-refractivity contribution in [1.82, 2.24) is 0 Å². The predicted molar refractivity (Wildman–Crippen MR) is 103 cm³/mol. The summed E-state index contributed by atoms with van der Waals surface area (Å²) in [5.41, 5.74) is 0.963. The summed E-state index contributed by atoms with van der Waals surface area (Å²) >= 11 is 1.12. The molecule has 1 aromatic carbocycles. The van der Waals surface area contributed by atoms with Gasteiger partial charge in [-0.05, 0) is 18.2 Å². The van der Waals surface area contributed by atoms with Crippen LogP contribution >= 0.6 is 11.8 Å². The molecule has 0 radical (unpaired) electrons. The van der Waals surface area contributed by atoms with Crippen LogP contribution in [0.1, 0.15) is 19.8 Å². The van der Waals surface area contributed by atoms with Gasteiger partial charge >= 0.3 is 6.09 Å². The van der Waals surface area contributed by atoms with Crippen LogP contribution in [0.25, 0.3) is 0 Å². The Morgan fingerprint density at radius 2 is 2.00 bits per heavy atom. The number of thioether (sulfide) groups is 1. The topological polar surface area (TPSA) is 68.3 Å². The van der Waals surface area contributed by atoms with Crippen LogP contribution in [0.2, 0.25) is 0 Å². The number of nitrogens with zero attached hydrogens (tertiary/aromatic N) is 2. The molecule has 3 aliphatic heterocycles. The smallest absolute Gasteiger partial charge is 0.414 e. The lowest BCUT2D eigenvalue weighted by atomic mass is 10.0. The first kappa shape index (κ1) is 19.5. The van der Waals surface area contributed by atoms with E-state index in [1.165, 1.54) is 17.9 Å². The molecule has 0 saturated carbocycles. The largest absolute Gasteiger partial charge is 0.443 e. The molecule has 1 spiro atoms. The van der Waals surface area contributed by atoms with Crippen LogP contribution in [-0.4, -0.2) is 61.7 Å². The summed E-state index contributed by atoms with van der Waals surface area (Å²) in [5, 5.41) is -0.0263. The summed E-state index contributed by atoms with van der Waals surface area (Å²) < 4.78 is 31.5. The molecule has 4 rings (SSSR count). The van der Waals surface area contributed by atoms with E-state index in [2.05, 4.69) is 0 Å². The van der Waals surface area contributed by atoms with Crippen LogP contribution in [-0.2, 0) is 19.0 Å². The lowest BCUT2D eigenvalue weighted by molar-refractivity contribution is -0.169. The van der Waals surface area contributed by atoms with E-state index in [9.17, 15) is 14.0 Å². The molecule has 3 aliphatic rings. The number of carbonyl (C=O) groups excluding carboxylic acids is 2. The van der Waals surface area contributed by atoms with Crippen molar-refractivity contribution >= 4 is 34.3 Å². The average Bonchev–Trinajstić information content (AvgIpc) is 3.28. The van der Waals surface area contributed by atoms with Crippen LogP contribution in [0.4, 0.5) is 20.6 Å². The highest BCUT2D eigenvalue weighted by Gasteiger charge is 2.40. The molecule has 1 unspecified atom stereocenters. The number of rotatable bonds is 4. The molecule has 1 atom stereocenters. The summed E-state index contributed by atoms with van der Waals surface area (Å²) in [6.45, 7) is 4.29. The van der Waals surface area contributed by atoms with Gasteiger partial charge in [0.05, 0.1) is 31.1 Å². The second kappa shape index (κ2) is 7.88. The molecular weight excluding hydrogens is 387 g/mol. The SMILES string of the molecule is CC(=O)SCC1CN(c2ccc(N3CCC4(CC3)OCCO4)c(F)c2)C(=O)O1. The lowest BCUT2D eigenvalue weighted by Gasteiger charge is -2.38. The number of piperidine rings is 1. The minimum Gasteiger partial charge on any atom is -0.443 e. The van der Waals surface area contributed by atoms with Crippen molar-refractivity contribution in [2.75, 3.05) is 48.4 Å². The third-order valence-corrected chi connectivity index (χ3v) is 6.21. The fourth-order valence-electron chi connectivity index (χ4n) is 3.82. The predicted octanol–water partition coefficient (Wildman–Crippen LogP) is 2.77. The van der Waals surface area contributed by atoms with E-state index in [4.69, 9.17) is 14.2 Å². The van der Waals surface area contributed by atoms with Gasteiger partial charge < -0.3 is 19.1 Å². The Bertz CT molecular complexity index is 761. The van der Waals surface area contributed by atoms with Gasteiger partial charge in [0, 0.05) is 38.6 Å². The maximum Gasteiger partial charge on any atom is 0.414 e. The Balaban J connectivity index is 1.41. The molecule has 3 heterocycles. The highest BCUT2D eigenvalue weighted by molar-refractivity contribution is 8.13. The number of benzene rings is 1. The van der Waals surface area contributed by atoms with Crippen molar-refractivity contribution in [3.8, 4) is 0 Å². The quantitative estimate of drug-likeness (QED) is 0.756. The highest BCUT2D eigenvalue weighted by Crippen LogP contribution is 2.35. The Morgan fingerprint density at radius 1 is 1.29 bits per heavy atom. The standard InChI is InChI=1S/C19H23FN2O5S/c1-13(23)28-12-15-11-22(18(24)27-15)14-2-3-17(16(20)10-14)21-6-4-19(5-7-21)25-8-9-26-19/h2-3,10,15H,4-9,11-12H2,1H3. The van der Waals surface area contributed by atoms with E-state index >= 15 is 0 Å². The maximum absolute atomic E-state index is 14.8. The Morgan fingerprint density at radius 3 is 2.64 bits per heavy atom. The summed E-state index contributed by atoms with van der Waals surface area (Å²) in [5.74, 6) is -0.479. The third kappa shape index (κ3) is 3.97. The zero-order chi connectivity index (χ0) is 19.7. The first-order valence-electron chi connectivity index (χ1n) is 9.40. The van der Waals surface area contributed by atoms with Gasteiger partial charge in [0.25, 0.3) is 0 Å². The fourth-order valence-corrected chi connectivity index (χ4v) is 4.42. The van der Waals surface area contributed by atoms with Gasteiger partial charge in [-0.15, -0.1) is 0 Å². The van der Waals surface area contributed by atoms with Gasteiger partial charge in [0.2, 0.25) is 0 Å². The number of cyclic esters (lactones) is 1. The number of carbonyl (C=O) groups is 2. The molecule has 152 valence electrons. The number of amides is 1. The van der Waals surface area contributed by atoms with E-state index < -0.39 is 11.9 Å². The number of halogens is 1. The molecular formula is C19H23FN2O5S. The summed E-state index contributed by atoms with van der Waals surface area (Å²) in [6.07, 6.45) is 0.496. The molecule has 3 fully saturated rings. The van der Waals surface area contributed by atoms with Crippen LogP contribution < -0.4 is 9.80 Å². The molecule has 0 bridgehead atoms. The minimum atomic E-state index is -0.517. The van der Waals surface area contributed by atoms with E-state index in [1.54, 1.807) is 12.1 Å². The van der Waals surface area contributed by atoms with Crippen molar-refractivity contribution in [2.24, 2.45) is 0 Å². The molecule has 0 aliphatic carbocycles. The Kier molecular flexibility index (Phi) is 5.48. The van der Waals surface area contributed by atoms with Crippen LogP contribution in [0, 0.1) is 5.82 Å². The minimum absolute atomic E-state index is 0.0263. The summed E-state index contributed by atoms with van der Waals surface area (Å²) in [4.78, 5) is 26.6. The summed E-state index contributed by atoms with van der Waals surface area (Å²) in [7, 11) is 0. The van der Waals surface area contributed by atoms with Gasteiger partial charge in [-0.1, -0.05) is 11.8 Å². The zero-order valence-corrected chi connectivity index (χ0v) is 16.5. The van der Waals surface area contributed by atoms with E-state index in [0.717, 1.165) is 11.8 Å². The molecule has 3 saturated heterocycles. The van der Waals surface area contributed by atoms with Crippen LogP contribution in [0.15, 0.2) is 18.2 Å². The number of ether oxygens (including phenoxy) is 3. The maximum atomic E-state index is 14.8. The Hall–Kier alpha value is -1.84. The molecule has 1 amide bonds. The third-order valence-electron chi connectivity index (χ3n) is 5.27. The molecule has 0 aromatic heterocycles. The number of anilines is 2. The van der Waals surface area contributed by atoms with E-state index in [1.807, 2.05) is 4.90 Å². The van der Waals surface area contributed by atoms with E-state index in [0.29, 0.717) is 62.8 Å². The Labute approximate surface area is 167 Å².